The molecule has 0 heterocycles. The van der Waals surface area contributed by atoms with E-state index in [-0.39, 0.29) is 11.2 Å². The smallest absolute Gasteiger partial charge is 0.165 e. The summed E-state index contributed by atoms with van der Waals surface area (Å²) in [5.74, 6) is 0.201. The molecule has 1 aliphatic rings. The highest BCUT2D eigenvalue weighted by molar-refractivity contribution is 5.97. The molecule has 1 nitrogen and oxygen atoms in total. The lowest BCUT2D eigenvalue weighted by molar-refractivity contribution is -0.120. The fourth-order valence-corrected chi connectivity index (χ4v) is 0.891. The van der Waals surface area contributed by atoms with Crippen LogP contribution in [-0.2, 0) is 4.79 Å². The molecule has 0 saturated heterocycles. The minimum Gasteiger partial charge on any atom is -0.294 e. The van der Waals surface area contributed by atoms with Crippen LogP contribution in [0.4, 0.5) is 0 Å². The lowest BCUT2D eigenvalue weighted by Crippen LogP contribution is -2.25. The van der Waals surface area contributed by atoms with Crippen molar-refractivity contribution in [1.82, 2.24) is 0 Å². The number of hydrogen-bond acceptors (Lipinski definition) is 1. The van der Waals surface area contributed by atoms with Gasteiger partial charge in [0, 0.05) is 5.41 Å². The molecule has 0 aromatic rings. The zero-order chi connectivity index (χ0) is 7.78. The van der Waals surface area contributed by atoms with E-state index in [0.717, 1.165) is 5.57 Å². The number of hydrogen-bond donors (Lipinski definition) is 0. The van der Waals surface area contributed by atoms with E-state index in [9.17, 15) is 4.79 Å². The van der Waals surface area contributed by atoms with Gasteiger partial charge in [-0.3, -0.25) is 4.79 Å². The topological polar surface area (TPSA) is 17.1 Å². The summed E-state index contributed by atoms with van der Waals surface area (Å²) in [6.07, 6.45) is 5.43. The van der Waals surface area contributed by atoms with Crippen LogP contribution in [0, 0.1) is 5.41 Å². The number of ketones is 1. The van der Waals surface area contributed by atoms with Crippen molar-refractivity contribution >= 4 is 5.78 Å². The normalized spacial score (nSPS) is 22.7. The van der Waals surface area contributed by atoms with Crippen molar-refractivity contribution in [3.8, 4) is 0 Å². The molecule has 0 aromatic carbocycles. The number of rotatable bonds is 0. The predicted octanol–water partition coefficient (Wildman–Crippen LogP) is 2.10. The van der Waals surface area contributed by atoms with Crippen LogP contribution in [0.5, 0.6) is 0 Å². The van der Waals surface area contributed by atoms with Gasteiger partial charge in [0.25, 0.3) is 0 Å². The molecule has 0 aromatic heterocycles. The van der Waals surface area contributed by atoms with Crippen molar-refractivity contribution in [1.29, 1.82) is 0 Å². The van der Waals surface area contributed by atoms with Gasteiger partial charge in [-0.2, -0.15) is 0 Å². The Kier molecular flexibility index (Phi) is 1.51. The zero-order valence-corrected chi connectivity index (χ0v) is 6.64. The van der Waals surface area contributed by atoms with Crippen LogP contribution in [0.2, 0.25) is 0 Å². The van der Waals surface area contributed by atoms with E-state index in [1.165, 1.54) is 0 Å². The summed E-state index contributed by atoms with van der Waals surface area (Å²) in [5.41, 5.74) is 0.870. The maximum atomic E-state index is 11.2. The van der Waals surface area contributed by atoms with Crippen molar-refractivity contribution in [2.45, 2.75) is 20.8 Å². The molecule has 0 N–H and O–H groups in total. The van der Waals surface area contributed by atoms with Crippen molar-refractivity contribution in [3.63, 3.8) is 0 Å². The molecule has 0 amide bonds. The molecular formula is C9H12O. The molecule has 0 saturated carbocycles. The highest BCUT2D eigenvalue weighted by atomic mass is 16.1. The molecule has 10 heavy (non-hydrogen) atoms. The van der Waals surface area contributed by atoms with E-state index in [2.05, 4.69) is 0 Å². The van der Waals surface area contributed by atoms with E-state index in [1.807, 2.05) is 32.9 Å². The summed E-state index contributed by atoms with van der Waals surface area (Å²) in [4.78, 5) is 11.2. The van der Waals surface area contributed by atoms with E-state index in [4.69, 9.17) is 0 Å². The lowest BCUT2D eigenvalue weighted by atomic mass is 9.78. The van der Waals surface area contributed by atoms with Crippen molar-refractivity contribution in [3.05, 3.63) is 23.8 Å². The van der Waals surface area contributed by atoms with Gasteiger partial charge in [-0.15, -0.1) is 0 Å². The van der Waals surface area contributed by atoms with Crippen molar-refractivity contribution in [2.75, 3.05) is 0 Å². The fourth-order valence-electron chi connectivity index (χ4n) is 0.891. The Morgan fingerprint density at radius 3 is 2.40 bits per heavy atom. The van der Waals surface area contributed by atoms with Crippen LogP contribution in [-0.4, -0.2) is 5.78 Å². The van der Waals surface area contributed by atoms with Gasteiger partial charge in [0.05, 0.1) is 0 Å². The van der Waals surface area contributed by atoms with Crippen LogP contribution < -0.4 is 0 Å². The average Bonchev–Trinajstić information content (AvgIpc) is 1.84. The van der Waals surface area contributed by atoms with Gasteiger partial charge < -0.3 is 0 Å². The highest BCUT2D eigenvalue weighted by Crippen LogP contribution is 2.29. The first kappa shape index (κ1) is 7.26. The first-order valence-electron chi connectivity index (χ1n) is 3.45. The largest absolute Gasteiger partial charge is 0.294 e. The molecule has 0 aliphatic heterocycles. The molecule has 0 radical (unpaired) electrons. The summed E-state index contributed by atoms with van der Waals surface area (Å²) in [5, 5.41) is 0. The van der Waals surface area contributed by atoms with E-state index in [0.29, 0.717) is 0 Å². The molecule has 1 heteroatoms. The number of allylic oxidation sites excluding steroid dienone is 4. The predicted molar refractivity (Wildman–Crippen MR) is 41.7 cm³/mol. The quantitative estimate of drug-likeness (QED) is 0.498. The molecular weight excluding hydrogens is 124 g/mol. The maximum absolute atomic E-state index is 11.2. The third kappa shape index (κ3) is 0.919. The monoisotopic (exact) mass is 136 g/mol. The Bertz CT molecular complexity index is 219. The number of carbonyl (C=O) groups excluding carboxylic acids is 1. The number of carbonyl (C=O) groups is 1. The molecule has 0 spiro atoms. The Labute approximate surface area is 61.4 Å². The Balaban J connectivity index is 3.05. The second-order valence-corrected chi connectivity index (χ2v) is 3.20. The molecule has 54 valence electrons. The lowest BCUT2D eigenvalue weighted by Gasteiger charge is -2.24. The first-order valence-corrected chi connectivity index (χ1v) is 3.45. The van der Waals surface area contributed by atoms with Gasteiger partial charge in [-0.1, -0.05) is 17.7 Å². The minimum absolute atomic E-state index is 0.201. The van der Waals surface area contributed by atoms with Gasteiger partial charge in [0.15, 0.2) is 5.78 Å². The molecule has 1 rings (SSSR count). The summed E-state index contributed by atoms with van der Waals surface area (Å²) in [6.45, 7) is 5.89. The Hall–Kier alpha value is -0.850. The van der Waals surface area contributed by atoms with E-state index >= 15 is 0 Å². The zero-order valence-electron chi connectivity index (χ0n) is 6.64. The summed E-state index contributed by atoms with van der Waals surface area (Å²) in [7, 11) is 0. The molecule has 0 fully saturated rings. The van der Waals surface area contributed by atoms with Crippen LogP contribution in [0.25, 0.3) is 0 Å². The Morgan fingerprint density at radius 1 is 1.40 bits per heavy atom. The van der Waals surface area contributed by atoms with Crippen molar-refractivity contribution in [2.24, 2.45) is 5.41 Å². The molecule has 0 atom stereocenters. The molecule has 1 aliphatic carbocycles. The van der Waals surface area contributed by atoms with Gasteiger partial charge in [-0.05, 0) is 26.8 Å². The van der Waals surface area contributed by atoms with Gasteiger partial charge in [0.1, 0.15) is 0 Å². The van der Waals surface area contributed by atoms with Crippen molar-refractivity contribution < 1.29 is 4.79 Å². The third-order valence-corrected chi connectivity index (χ3v) is 2.20. The second kappa shape index (κ2) is 2.08. The average molecular weight is 136 g/mol. The fraction of sp³-hybridized carbons (Fsp3) is 0.444. The van der Waals surface area contributed by atoms with Gasteiger partial charge in [-0.25, -0.2) is 0 Å². The SMILES string of the molecule is CC1=CC=CC(=O)C1(C)C. The highest BCUT2D eigenvalue weighted by Gasteiger charge is 2.28. The van der Waals surface area contributed by atoms with Crippen LogP contribution in [0.1, 0.15) is 20.8 Å². The van der Waals surface area contributed by atoms with Crippen LogP contribution >= 0.6 is 0 Å². The van der Waals surface area contributed by atoms with Gasteiger partial charge >= 0.3 is 0 Å². The third-order valence-electron chi connectivity index (χ3n) is 2.20. The minimum atomic E-state index is -0.269. The summed E-state index contributed by atoms with van der Waals surface area (Å²) < 4.78 is 0. The molecule has 0 unspecified atom stereocenters. The van der Waals surface area contributed by atoms with Crippen LogP contribution in [0.15, 0.2) is 23.8 Å². The Morgan fingerprint density at radius 2 is 2.00 bits per heavy atom. The molecule has 0 bridgehead atoms. The maximum Gasteiger partial charge on any atom is 0.165 e. The second-order valence-electron chi connectivity index (χ2n) is 3.20. The van der Waals surface area contributed by atoms with E-state index in [1.54, 1.807) is 6.08 Å². The van der Waals surface area contributed by atoms with Crippen LogP contribution in [0.3, 0.4) is 0 Å². The summed E-state index contributed by atoms with van der Waals surface area (Å²) in [6, 6.07) is 0. The first-order chi connectivity index (χ1) is 4.55. The van der Waals surface area contributed by atoms with Gasteiger partial charge in [0.2, 0.25) is 0 Å². The standard InChI is InChI=1S/C9H12O/c1-7-5-4-6-8(10)9(7,2)3/h4-6H,1-3H3. The van der Waals surface area contributed by atoms with E-state index < -0.39 is 0 Å². The summed E-state index contributed by atoms with van der Waals surface area (Å²) >= 11 is 0.